The maximum absolute atomic E-state index is 13.1. The highest BCUT2D eigenvalue weighted by molar-refractivity contribution is 7.47. The number of phosphoric acid groups is 2. The van der Waals surface area contributed by atoms with Crippen LogP contribution in [-0.4, -0.2) is 96.7 Å². The molecule has 582 valence electrons. The minimum Gasteiger partial charge on any atom is -0.462 e. The molecule has 0 aliphatic carbocycles. The van der Waals surface area contributed by atoms with Gasteiger partial charge < -0.3 is 33.8 Å². The third kappa shape index (κ3) is 71.1. The second kappa shape index (κ2) is 70.7. The van der Waals surface area contributed by atoms with Gasteiger partial charge in [-0.05, 0) is 37.5 Å². The van der Waals surface area contributed by atoms with E-state index in [0.717, 1.165) is 108 Å². The van der Waals surface area contributed by atoms with E-state index in [1.54, 1.807) is 0 Å². The predicted octanol–water partition coefficient (Wildman–Crippen LogP) is 23.5. The first kappa shape index (κ1) is 96.1. The van der Waals surface area contributed by atoms with Gasteiger partial charge in [-0.3, -0.25) is 37.3 Å². The van der Waals surface area contributed by atoms with Gasteiger partial charge in [0.05, 0.1) is 26.4 Å². The van der Waals surface area contributed by atoms with Crippen molar-refractivity contribution in [1.82, 2.24) is 0 Å². The molecule has 0 bridgehead atoms. The number of hydrogen-bond acceptors (Lipinski definition) is 15. The lowest BCUT2D eigenvalue weighted by Crippen LogP contribution is -2.30. The average molecular weight is 1440 g/mol. The predicted molar refractivity (Wildman–Crippen MR) is 400 cm³/mol. The van der Waals surface area contributed by atoms with Crippen LogP contribution in [0.4, 0.5) is 0 Å². The summed E-state index contributed by atoms with van der Waals surface area (Å²) < 4.78 is 68.6. The Morgan fingerprint density at radius 3 is 0.776 bits per heavy atom. The monoisotopic (exact) mass is 1440 g/mol. The summed E-state index contributed by atoms with van der Waals surface area (Å²) in [4.78, 5) is 72.9. The number of carbonyl (C=O) groups is 4. The molecule has 6 atom stereocenters. The van der Waals surface area contributed by atoms with Gasteiger partial charge in [0.1, 0.15) is 19.3 Å². The summed E-state index contributed by atoms with van der Waals surface area (Å²) in [5.74, 6) is -0.559. The lowest BCUT2D eigenvalue weighted by atomic mass is 10.00. The molecular formula is C79H154O17P2. The Bertz CT molecular complexity index is 1890. The molecule has 0 fully saturated rings. The molecule has 0 aromatic rings. The Morgan fingerprint density at radius 1 is 0.296 bits per heavy atom. The first-order valence-electron chi connectivity index (χ1n) is 41.0. The summed E-state index contributed by atoms with van der Waals surface area (Å²) in [6.45, 7) is 9.62. The highest BCUT2D eigenvalue weighted by Gasteiger charge is 2.30. The molecule has 0 amide bonds. The molecule has 0 heterocycles. The van der Waals surface area contributed by atoms with Gasteiger partial charge in [0.2, 0.25) is 0 Å². The van der Waals surface area contributed by atoms with E-state index in [0.29, 0.717) is 25.7 Å². The van der Waals surface area contributed by atoms with Crippen LogP contribution in [0, 0.1) is 11.8 Å². The molecule has 19 heteroatoms. The van der Waals surface area contributed by atoms with Gasteiger partial charge in [-0.2, -0.15) is 0 Å². The minimum atomic E-state index is -4.96. The standard InChI is InChI=1S/C79H154O17P2/c1-7-10-12-14-16-18-20-22-31-34-38-42-49-55-61-76(81)89-67-74(95-78(83)64-58-52-44-40-36-32-28-26-24-23-25-27-30-33-37-41-47-53-59-71(4)5)69-93-97(85,86)91-65-73(80)66-92-98(87,88)94-70-75(68-90-77(82)62-56-50-46-45-48-54-60-72(6)9-3)96-79(84)63-57-51-43-39-35-29-21-19-17-15-13-11-8-2/h71-75,80H,7-70H2,1-6H3,(H,85,86)(H,87,88)/t72?,73-,74-,75-/m1/s1. The Morgan fingerprint density at radius 2 is 0.520 bits per heavy atom. The molecule has 0 rings (SSSR count). The lowest BCUT2D eigenvalue weighted by Gasteiger charge is -2.21. The van der Waals surface area contributed by atoms with Crippen molar-refractivity contribution < 1.29 is 80.2 Å². The molecule has 3 N–H and O–H groups in total. The highest BCUT2D eigenvalue weighted by atomic mass is 31.2. The fourth-order valence-electron chi connectivity index (χ4n) is 12.2. The van der Waals surface area contributed by atoms with Crippen molar-refractivity contribution in [2.75, 3.05) is 39.6 Å². The van der Waals surface area contributed by atoms with Crippen LogP contribution >= 0.6 is 15.6 Å². The molecule has 0 aromatic carbocycles. The summed E-state index contributed by atoms with van der Waals surface area (Å²) in [7, 11) is -9.91. The number of carbonyl (C=O) groups excluding carboxylic acids is 4. The van der Waals surface area contributed by atoms with Crippen LogP contribution in [0.25, 0.3) is 0 Å². The van der Waals surface area contributed by atoms with E-state index in [-0.39, 0.29) is 25.7 Å². The fourth-order valence-corrected chi connectivity index (χ4v) is 13.7. The minimum absolute atomic E-state index is 0.107. The number of unbranched alkanes of at least 4 members (excludes halogenated alkanes) is 47. The molecular weight excluding hydrogens is 1280 g/mol. The summed E-state index contributed by atoms with van der Waals surface area (Å²) in [6.07, 6.45) is 59.6. The number of aliphatic hydroxyl groups is 1. The van der Waals surface area contributed by atoms with E-state index >= 15 is 0 Å². The van der Waals surface area contributed by atoms with Crippen LogP contribution < -0.4 is 0 Å². The lowest BCUT2D eigenvalue weighted by molar-refractivity contribution is -0.161. The first-order valence-corrected chi connectivity index (χ1v) is 44.0. The van der Waals surface area contributed by atoms with Crippen molar-refractivity contribution >= 4 is 39.5 Å². The SMILES string of the molecule is CCCCCCCCCCCCCCCCC(=O)OC[C@H](COP(=O)(O)OC[C@@H](O)COP(=O)(O)OC[C@@H](COC(=O)CCCCCCCCC(C)CC)OC(=O)CCCCCCCCCCCCCCC)OC(=O)CCCCCCCCCCCCCCCCCCCCC(C)C. The number of hydrogen-bond donors (Lipinski definition) is 3. The summed E-state index contributed by atoms with van der Waals surface area (Å²) in [5.41, 5.74) is 0. The van der Waals surface area contributed by atoms with Crippen molar-refractivity contribution in [2.24, 2.45) is 11.8 Å². The maximum Gasteiger partial charge on any atom is 0.472 e. The molecule has 98 heavy (non-hydrogen) atoms. The Balaban J connectivity index is 5.21. The smallest absolute Gasteiger partial charge is 0.462 e. The van der Waals surface area contributed by atoms with E-state index in [1.807, 2.05) is 0 Å². The molecule has 0 spiro atoms. The van der Waals surface area contributed by atoms with Crippen molar-refractivity contribution in [3.05, 3.63) is 0 Å². The van der Waals surface area contributed by atoms with Crippen molar-refractivity contribution in [2.45, 2.75) is 432 Å². The Kier molecular flexibility index (Phi) is 69.3. The van der Waals surface area contributed by atoms with Gasteiger partial charge in [0.15, 0.2) is 12.2 Å². The second-order valence-corrected chi connectivity index (χ2v) is 32.1. The van der Waals surface area contributed by atoms with E-state index < -0.39 is 97.5 Å². The van der Waals surface area contributed by atoms with E-state index in [1.165, 1.54) is 225 Å². The normalized spacial score (nSPS) is 14.2. The van der Waals surface area contributed by atoms with Crippen molar-refractivity contribution in [3.8, 4) is 0 Å². The zero-order chi connectivity index (χ0) is 72.1. The van der Waals surface area contributed by atoms with Crippen LogP contribution in [0.2, 0.25) is 0 Å². The topological polar surface area (TPSA) is 237 Å². The molecule has 0 aliphatic heterocycles. The highest BCUT2D eigenvalue weighted by Crippen LogP contribution is 2.45. The zero-order valence-electron chi connectivity index (χ0n) is 64.1. The Hall–Kier alpha value is -1.94. The molecule has 0 radical (unpaired) electrons. The molecule has 0 saturated carbocycles. The van der Waals surface area contributed by atoms with Crippen LogP contribution in [0.15, 0.2) is 0 Å². The summed E-state index contributed by atoms with van der Waals surface area (Å²) >= 11 is 0. The van der Waals surface area contributed by atoms with Crippen molar-refractivity contribution in [3.63, 3.8) is 0 Å². The van der Waals surface area contributed by atoms with Crippen LogP contribution in [-0.2, 0) is 65.4 Å². The first-order chi connectivity index (χ1) is 47.4. The summed E-state index contributed by atoms with van der Waals surface area (Å²) in [5, 5.41) is 10.6. The van der Waals surface area contributed by atoms with Crippen LogP contribution in [0.5, 0.6) is 0 Å². The largest absolute Gasteiger partial charge is 0.472 e. The average Bonchev–Trinajstić information content (AvgIpc) is 0.964. The molecule has 3 unspecified atom stereocenters. The number of aliphatic hydroxyl groups excluding tert-OH is 1. The number of phosphoric ester groups is 2. The van der Waals surface area contributed by atoms with E-state index in [9.17, 15) is 43.2 Å². The van der Waals surface area contributed by atoms with Gasteiger partial charge in [-0.15, -0.1) is 0 Å². The van der Waals surface area contributed by atoms with Gasteiger partial charge in [-0.1, -0.05) is 363 Å². The zero-order valence-corrected chi connectivity index (χ0v) is 65.9. The second-order valence-electron chi connectivity index (χ2n) is 29.2. The van der Waals surface area contributed by atoms with E-state index in [2.05, 4.69) is 41.5 Å². The molecule has 17 nitrogen and oxygen atoms in total. The van der Waals surface area contributed by atoms with Gasteiger partial charge in [0, 0.05) is 25.7 Å². The number of ether oxygens (including phenoxy) is 4. The van der Waals surface area contributed by atoms with Crippen molar-refractivity contribution in [1.29, 1.82) is 0 Å². The fraction of sp³-hybridized carbons (Fsp3) is 0.949. The number of rotatable bonds is 78. The molecule has 0 saturated heterocycles. The quantitative estimate of drug-likeness (QED) is 0.0222. The van der Waals surface area contributed by atoms with E-state index in [4.69, 9.17) is 37.0 Å². The summed E-state index contributed by atoms with van der Waals surface area (Å²) in [6, 6.07) is 0. The van der Waals surface area contributed by atoms with Gasteiger partial charge >= 0.3 is 39.5 Å². The van der Waals surface area contributed by atoms with Gasteiger partial charge in [0.25, 0.3) is 0 Å². The third-order valence-electron chi connectivity index (χ3n) is 18.8. The Labute approximate surface area is 600 Å². The molecule has 0 aromatic heterocycles. The maximum atomic E-state index is 13.1. The third-order valence-corrected chi connectivity index (χ3v) is 20.7. The van der Waals surface area contributed by atoms with Crippen LogP contribution in [0.1, 0.15) is 414 Å². The molecule has 0 aliphatic rings. The van der Waals surface area contributed by atoms with Gasteiger partial charge in [-0.25, -0.2) is 9.13 Å². The number of esters is 4. The van der Waals surface area contributed by atoms with Crippen LogP contribution in [0.3, 0.4) is 0 Å².